The standard InChI is InChI=1S/C9H6BFNO.C9H7NO/c1-6(10-13)7-2-3-9(11)8(4-7)5-12;11-8-5-1-3-7-4-2-6-10-9(7)8/h2-4,13H,1H2;1-6,11H. The average molecular weight is 319 g/mol. The second-order valence-electron chi connectivity index (χ2n) is 4.81. The molecule has 2 aromatic carbocycles. The van der Waals surface area contributed by atoms with Crippen molar-refractivity contribution in [2.75, 3.05) is 0 Å². The van der Waals surface area contributed by atoms with Crippen molar-refractivity contribution < 1.29 is 14.5 Å². The summed E-state index contributed by atoms with van der Waals surface area (Å²) in [6.45, 7) is 3.51. The number of nitriles is 1. The molecule has 0 saturated carbocycles. The van der Waals surface area contributed by atoms with Gasteiger partial charge in [0.2, 0.25) is 0 Å². The smallest absolute Gasteiger partial charge is 0.326 e. The van der Waals surface area contributed by atoms with E-state index in [-0.39, 0.29) is 11.3 Å². The maximum atomic E-state index is 12.8. The third-order valence-corrected chi connectivity index (χ3v) is 3.22. The van der Waals surface area contributed by atoms with Crippen molar-refractivity contribution in [1.29, 1.82) is 5.26 Å². The van der Waals surface area contributed by atoms with Crippen LogP contribution in [0.4, 0.5) is 4.39 Å². The molecule has 3 aromatic rings. The number of para-hydroxylation sites is 1. The number of benzene rings is 2. The molecule has 0 spiro atoms. The van der Waals surface area contributed by atoms with E-state index in [1.165, 1.54) is 18.2 Å². The van der Waals surface area contributed by atoms with Crippen LogP contribution in [0.1, 0.15) is 11.1 Å². The van der Waals surface area contributed by atoms with Gasteiger partial charge in [0, 0.05) is 11.6 Å². The number of phenols is 1. The Morgan fingerprint density at radius 2 is 1.96 bits per heavy atom. The summed E-state index contributed by atoms with van der Waals surface area (Å²) in [5, 5.41) is 27.4. The molecule has 0 fully saturated rings. The Hall–Kier alpha value is -3.17. The molecule has 6 heteroatoms. The van der Waals surface area contributed by atoms with Crippen LogP contribution in [0.15, 0.2) is 61.3 Å². The first kappa shape index (κ1) is 17.2. The Morgan fingerprint density at radius 1 is 1.21 bits per heavy atom. The molecule has 0 saturated heterocycles. The zero-order valence-electron chi connectivity index (χ0n) is 12.6. The van der Waals surface area contributed by atoms with Gasteiger partial charge in [-0.2, -0.15) is 5.26 Å². The number of rotatable bonds is 2. The van der Waals surface area contributed by atoms with E-state index in [2.05, 4.69) is 11.6 Å². The van der Waals surface area contributed by atoms with Gasteiger partial charge in [-0.25, -0.2) is 4.39 Å². The molecule has 1 heterocycles. The van der Waals surface area contributed by atoms with Gasteiger partial charge in [-0.1, -0.05) is 29.7 Å². The molecule has 1 aromatic heterocycles. The summed E-state index contributed by atoms with van der Waals surface area (Å²) in [5.74, 6) is -0.333. The van der Waals surface area contributed by atoms with Crippen molar-refractivity contribution in [2.45, 2.75) is 0 Å². The van der Waals surface area contributed by atoms with Gasteiger partial charge in [0.15, 0.2) is 0 Å². The molecule has 0 aliphatic carbocycles. The van der Waals surface area contributed by atoms with Gasteiger partial charge in [-0.05, 0) is 29.8 Å². The lowest BCUT2D eigenvalue weighted by atomic mass is 9.83. The molecule has 1 radical (unpaired) electrons. The van der Waals surface area contributed by atoms with Crippen molar-refractivity contribution in [2.24, 2.45) is 0 Å². The number of fused-ring (bicyclic) bond motifs is 1. The quantitative estimate of drug-likeness (QED) is 0.711. The Morgan fingerprint density at radius 3 is 2.62 bits per heavy atom. The first-order chi connectivity index (χ1) is 11.6. The third-order valence-electron chi connectivity index (χ3n) is 3.22. The molecule has 0 aliphatic heterocycles. The topological polar surface area (TPSA) is 77.1 Å². The van der Waals surface area contributed by atoms with Crippen LogP contribution in [-0.4, -0.2) is 22.6 Å². The maximum Gasteiger partial charge on any atom is 0.326 e. The fraction of sp³-hybridized carbons (Fsp3) is 0. The highest BCUT2D eigenvalue weighted by atomic mass is 19.1. The van der Waals surface area contributed by atoms with Crippen LogP contribution in [0.5, 0.6) is 5.75 Å². The Bertz CT molecular complexity index is 917. The minimum atomic E-state index is -0.572. The van der Waals surface area contributed by atoms with Crippen LogP contribution in [-0.2, 0) is 0 Å². The van der Waals surface area contributed by atoms with Gasteiger partial charge in [0.1, 0.15) is 23.2 Å². The number of phenolic OH excluding ortho intramolecular Hbond substituents is 1. The lowest BCUT2D eigenvalue weighted by Gasteiger charge is -2.01. The Kier molecular flexibility index (Phi) is 5.66. The largest absolute Gasteiger partial charge is 0.506 e. The second-order valence-corrected chi connectivity index (χ2v) is 4.81. The summed E-state index contributed by atoms with van der Waals surface area (Å²) in [4.78, 5) is 4.03. The minimum Gasteiger partial charge on any atom is -0.506 e. The van der Waals surface area contributed by atoms with E-state index in [1.54, 1.807) is 24.4 Å². The number of pyridine rings is 1. The van der Waals surface area contributed by atoms with Crippen LogP contribution in [0.25, 0.3) is 16.4 Å². The van der Waals surface area contributed by atoms with Gasteiger partial charge in [-0.3, -0.25) is 4.98 Å². The number of aromatic nitrogens is 1. The highest BCUT2D eigenvalue weighted by Crippen LogP contribution is 2.20. The molecular formula is C18H13BFN2O2. The number of halogens is 1. The van der Waals surface area contributed by atoms with E-state index in [4.69, 9.17) is 10.3 Å². The number of hydrogen-bond donors (Lipinski definition) is 2. The van der Waals surface area contributed by atoms with E-state index >= 15 is 0 Å². The van der Waals surface area contributed by atoms with Gasteiger partial charge in [0.25, 0.3) is 0 Å². The van der Waals surface area contributed by atoms with Crippen molar-refractivity contribution in [3.8, 4) is 11.8 Å². The van der Waals surface area contributed by atoms with E-state index in [0.717, 1.165) is 12.9 Å². The minimum absolute atomic E-state index is 0.0551. The summed E-state index contributed by atoms with van der Waals surface area (Å²) in [7, 11) is 0.814. The molecule has 2 N–H and O–H groups in total. The van der Waals surface area contributed by atoms with Crippen molar-refractivity contribution in [1.82, 2.24) is 4.98 Å². The highest BCUT2D eigenvalue weighted by Gasteiger charge is 2.05. The monoisotopic (exact) mass is 319 g/mol. The molecule has 0 amide bonds. The first-order valence-electron chi connectivity index (χ1n) is 6.96. The van der Waals surface area contributed by atoms with Gasteiger partial charge < -0.3 is 10.1 Å². The van der Waals surface area contributed by atoms with Crippen molar-refractivity contribution >= 4 is 23.9 Å². The SMILES string of the molecule is C=C([B]O)c1ccc(F)c(C#N)c1.Oc1cccc2cccnc12. The number of aromatic hydroxyl groups is 1. The molecule has 0 aliphatic rings. The normalized spacial score (nSPS) is 9.54. The van der Waals surface area contributed by atoms with Gasteiger partial charge >= 0.3 is 7.48 Å². The molecule has 0 unspecified atom stereocenters. The molecule has 0 bridgehead atoms. The lowest BCUT2D eigenvalue weighted by molar-refractivity contribution is 0.480. The number of nitrogens with zero attached hydrogens (tertiary/aromatic N) is 2. The van der Waals surface area contributed by atoms with E-state index in [0.29, 0.717) is 16.6 Å². The average Bonchev–Trinajstić information content (AvgIpc) is 2.62. The lowest BCUT2D eigenvalue weighted by Crippen LogP contribution is -1.94. The van der Waals surface area contributed by atoms with Gasteiger partial charge in [-0.15, -0.1) is 6.58 Å². The van der Waals surface area contributed by atoms with E-state index < -0.39 is 5.82 Å². The fourth-order valence-electron chi connectivity index (χ4n) is 1.97. The summed E-state index contributed by atoms with van der Waals surface area (Å²) < 4.78 is 12.8. The molecule has 117 valence electrons. The van der Waals surface area contributed by atoms with Crippen molar-refractivity contribution in [3.63, 3.8) is 0 Å². The molecule has 4 nitrogen and oxygen atoms in total. The van der Waals surface area contributed by atoms with Crippen LogP contribution >= 0.6 is 0 Å². The van der Waals surface area contributed by atoms with E-state index in [9.17, 15) is 9.50 Å². The molecule has 3 rings (SSSR count). The summed E-state index contributed by atoms with van der Waals surface area (Å²) in [6.07, 6.45) is 1.67. The van der Waals surface area contributed by atoms with Crippen LogP contribution in [0.2, 0.25) is 0 Å². The molecule has 24 heavy (non-hydrogen) atoms. The predicted molar refractivity (Wildman–Crippen MR) is 91.5 cm³/mol. The van der Waals surface area contributed by atoms with Crippen molar-refractivity contribution in [3.05, 3.63) is 78.3 Å². The summed E-state index contributed by atoms with van der Waals surface area (Å²) >= 11 is 0. The van der Waals surface area contributed by atoms with Crippen LogP contribution in [0, 0.1) is 17.1 Å². The zero-order valence-corrected chi connectivity index (χ0v) is 12.6. The Labute approximate surface area is 139 Å². The highest BCUT2D eigenvalue weighted by molar-refractivity contribution is 6.53. The maximum absolute atomic E-state index is 12.8. The number of hydrogen-bond acceptors (Lipinski definition) is 4. The second kappa shape index (κ2) is 7.91. The molecule has 0 atom stereocenters. The van der Waals surface area contributed by atoms with Crippen LogP contribution in [0.3, 0.4) is 0 Å². The molecular weight excluding hydrogens is 306 g/mol. The fourth-order valence-corrected chi connectivity index (χ4v) is 1.97. The summed E-state index contributed by atoms with van der Waals surface area (Å²) in [6, 6.07) is 14.8. The predicted octanol–water partition coefficient (Wildman–Crippen LogP) is 3.22. The third kappa shape index (κ3) is 3.97. The first-order valence-corrected chi connectivity index (χ1v) is 6.96. The zero-order chi connectivity index (χ0) is 17.5. The van der Waals surface area contributed by atoms with E-state index in [1.807, 2.05) is 18.2 Å². The van der Waals surface area contributed by atoms with Crippen LogP contribution < -0.4 is 0 Å². The Balaban J connectivity index is 0.000000175. The van der Waals surface area contributed by atoms with Gasteiger partial charge in [0.05, 0.1) is 5.56 Å². The summed E-state index contributed by atoms with van der Waals surface area (Å²) in [5.41, 5.74) is 1.48.